The van der Waals surface area contributed by atoms with Gasteiger partial charge in [0.1, 0.15) is 24.4 Å². The van der Waals surface area contributed by atoms with E-state index in [0.717, 1.165) is 6.08 Å². The van der Waals surface area contributed by atoms with Crippen molar-refractivity contribution < 1.29 is 33.6 Å². The molecule has 0 unspecified atom stereocenters. The van der Waals surface area contributed by atoms with Crippen molar-refractivity contribution in [2.75, 3.05) is 14.2 Å². The van der Waals surface area contributed by atoms with E-state index >= 15 is 0 Å². The largest absolute Gasteiger partial charge is 0.466 e. The van der Waals surface area contributed by atoms with Gasteiger partial charge in [-0.15, -0.1) is 0 Å². The molecular formula is C13H20O7. The van der Waals surface area contributed by atoms with Gasteiger partial charge in [0.2, 0.25) is 0 Å². The Morgan fingerprint density at radius 3 is 2.55 bits per heavy atom. The van der Waals surface area contributed by atoms with Crippen LogP contribution in [0.2, 0.25) is 0 Å². The number of aliphatic hydroxyl groups is 1. The number of methoxy groups -OCH3 is 2. The molecule has 114 valence electrons. The molecule has 2 heterocycles. The van der Waals surface area contributed by atoms with Crippen LogP contribution >= 0.6 is 0 Å². The molecule has 2 saturated heterocycles. The predicted octanol–water partition coefficient (Wildman–Crippen LogP) is -0.0321. The van der Waals surface area contributed by atoms with Crippen molar-refractivity contribution in [2.24, 2.45) is 0 Å². The standard InChI is InChI=1S/C13H20O7/c1-13(2)19-10-9(7(14)5-6-8(15)16-3)18-12(17-4)11(10)20-13/h5-7,9-12,14H,1-4H3/b6-5+/t7-,9-,10-,11-,12-/m1/s1. The van der Waals surface area contributed by atoms with Crippen molar-refractivity contribution in [1.82, 2.24) is 0 Å². The first-order valence-corrected chi connectivity index (χ1v) is 6.36. The fraction of sp³-hybridized carbons (Fsp3) is 0.769. The lowest BCUT2D eigenvalue weighted by Gasteiger charge is -2.24. The van der Waals surface area contributed by atoms with E-state index in [0.29, 0.717) is 0 Å². The molecule has 1 N–H and O–H groups in total. The lowest BCUT2D eigenvalue weighted by atomic mass is 10.1. The van der Waals surface area contributed by atoms with Crippen LogP contribution in [0.4, 0.5) is 0 Å². The van der Waals surface area contributed by atoms with Crippen molar-refractivity contribution in [3.8, 4) is 0 Å². The smallest absolute Gasteiger partial charge is 0.330 e. The summed E-state index contributed by atoms with van der Waals surface area (Å²) in [6.45, 7) is 3.57. The van der Waals surface area contributed by atoms with Crippen LogP contribution in [0.15, 0.2) is 12.2 Å². The van der Waals surface area contributed by atoms with Gasteiger partial charge in [0.25, 0.3) is 0 Å². The number of aliphatic hydroxyl groups excluding tert-OH is 1. The van der Waals surface area contributed by atoms with Gasteiger partial charge >= 0.3 is 5.97 Å². The zero-order valence-corrected chi connectivity index (χ0v) is 11.9. The first-order valence-electron chi connectivity index (χ1n) is 6.36. The zero-order valence-electron chi connectivity index (χ0n) is 11.9. The minimum atomic E-state index is -1.03. The van der Waals surface area contributed by atoms with Gasteiger partial charge in [0.15, 0.2) is 12.1 Å². The molecule has 0 bridgehead atoms. The molecule has 2 aliphatic heterocycles. The van der Waals surface area contributed by atoms with Crippen LogP contribution < -0.4 is 0 Å². The highest BCUT2D eigenvalue weighted by Crippen LogP contribution is 2.40. The van der Waals surface area contributed by atoms with Gasteiger partial charge in [-0.2, -0.15) is 0 Å². The van der Waals surface area contributed by atoms with E-state index in [1.165, 1.54) is 20.3 Å². The van der Waals surface area contributed by atoms with E-state index in [-0.39, 0.29) is 0 Å². The van der Waals surface area contributed by atoms with Crippen molar-refractivity contribution >= 4 is 5.97 Å². The van der Waals surface area contributed by atoms with E-state index in [4.69, 9.17) is 18.9 Å². The maximum absolute atomic E-state index is 11.0. The van der Waals surface area contributed by atoms with Gasteiger partial charge in [-0.05, 0) is 19.9 Å². The highest BCUT2D eigenvalue weighted by molar-refractivity contribution is 5.81. The van der Waals surface area contributed by atoms with E-state index in [2.05, 4.69) is 4.74 Å². The molecule has 0 aliphatic carbocycles. The van der Waals surface area contributed by atoms with Crippen LogP contribution in [0.1, 0.15) is 13.8 Å². The predicted molar refractivity (Wildman–Crippen MR) is 66.7 cm³/mol. The Morgan fingerprint density at radius 1 is 1.30 bits per heavy atom. The van der Waals surface area contributed by atoms with Crippen LogP contribution in [-0.2, 0) is 28.5 Å². The molecule has 0 spiro atoms. The summed E-state index contributed by atoms with van der Waals surface area (Å²) in [6, 6.07) is 0. The quantitative estimate of drug-likeness (QED) is 0.574. The first kappa shape index (κ1) is 15.4. The molecule has 5 atom stereocenters. The molecule has 7 heteroatoms. The third-order valence-corrected chi connectivity index (χ3v) is 3.25. The molecule has 0 aromatic carbocycles. The Labute approximate surface area is 117 Å². The lowest BCUT2D eigenvalue weighted by molar-refractivity contribution is -0.234. The van der Waals surface area contributed by atoms with Crippen LogP contribution in [0.5, 0.6) is 0 Å². The third-order valence-electron chi connectivity index (χ3n) is 3.25. The number of hydrogen-bond acceptors (Lipinski definition) is 7. The Balaban J connectivity index is 2.08. The number of ether oxygens (including phenoxy) is 5. The highest BCUT2D eigenvalue weighted by atomic mass is 16.8. The van der Waals surface area contributed by atoms with Crippen LogP contribution in [0.25, 0.3) is 0 Å². The second-order valence-electron chi connectivity index (χ2n) is 5.14. The molecule has 0 saturated carbocycles. The highest BCUT2D eigenvalue weighted by Gasteiger charge is 2.57. The first-order chi connectivity index (χ1) is 9.38. The monoisotopic (exact) mass is 288 g/mol. The summed E-state index contributed by atoms with van der Waals surface area (Å²) >= 11 is 0. The van der Waals surface area contributed by atoms with Gasteiger partial charge in [-0.25, -0.2) is 4.79 Å². The molecule has 2 fully saturated rings. The number of hydrogen-bond donors (Lipinski definition) is 1. The molecule has 0 amide bonds. The topological polar surface area (TPSA) is 83.5 Å². The van der Waals surface area contributed by atoms with Gasteiger partial charge in [0, 0.05) is 13.2 Å². The molecule has 0 aromatic heterocycles. The summed E-state index contributed by atoms with van der Waals surface area (Å²) in [5.41, 5.74) is 0. The third kappa shape index (κ3) is 3.02. The molecule has 2 rings (SSSR count). The maximum atomic E-state index is 11.0. The number of rotatable bonds is 4. The van der Waals surface area contributed by atoms with Crippen LogP contribution in [-0.4, -0.2) is 61.8 Å². The number of esters is 1. The van der Waals surface area contributed by atoms with Gasteiger partial charge in [-0.3, -0.25) is 0 Å². The van der Waals surface area contributed by atoms with Crippen molar-refractivity contribution in [3.05, 3.63) is 12.2 Å². The van der Waals surface area contributed by atoms with E-state index in [1.54, 1.807) is 13.8 Å². The SMILES string of the molecule is COC(=O)/C=C/[C@@H](O)[C@H]1O[C@@H](OC)[C@@H]2OC(C)(C)O[C@@H]21. The normalized spacial score (nSPS) is 37.0. The molecule has 2 aliphatic rings. The van der Waals surface area contributed by atoms with Crippen LogP contribution in [0, 0.1) is 0 Å². The number of carbonyl (C=O) groups is 1. The molecular weight excluding hydrogens is 268 g/mol. The molecule has 7 nitrogen and oxygen atoms in total. The van der Waals surface area contributed by atoms with E-state index in [1.807, 2.05) is 0 Å². The average Bonchev–Trinajstić information content (AvgIpc) is 2.88. The minimum absolute atomic E-state index is 0.416. The average molecular weight is 288 g/mol. The zero-order chi connectivity index (χ0) is 14.9. The van der Waals surface area contributed by atoms with Crippen molar-refractivity contribution in [1.29, 1.82) is 0 Å². The Morgan fingerprint density at radius 2 is 1.95 bits per heavy atom. The summed E-state index contributed by atoms with van der Waals surface area (Å²) < 4.78 is 26.7. The van der Waals surface area contributed by atoms with Gasteiger partial charge in [-0.1, -0.05) is 0 Å². The van der Waals surface area contributed by atoms with Crippen molar-refractivity contribution in [3.63, 3.8) is 0 Å². The summed E-state index contributed by atoms with van der Waals surface area (Å²) in [5.74, 6) is -1.31. The minimum Gasteiger partial charge on any atom is -0.466 e. The van der Waals surface area contributed by atoms with E-state index < -0.39 is 42.5 Å². The second-order valence-corrected chi connectivity index (χ2v) is 5.14. The summed E-state index contributed by atoms with van der Waals surface area (Å²) in [4.78, 5) is 11.0. The summed E-state index contributed by atoms with van der Waals surface area (Å²) in [7, 11) is 2.76. The molecule has 0 radical (unpaired) electrons. The number of fused-ring (bicyclic) bond motifs is 1. The Bertz CT molecular complexity index is 392. The molecule has 20 heavy (non-hydrogen) atoms. The maximum Gasteiger partial charge on any atom is 0.330 e. The fourth-order valence-electron chi connectivity index (χ4n) is 2.41. The summed E-state index contributed by atoms with van der Waals surface area (Å²) in [6.07, 6.45) is -0.752. The van der Waals surface area contributed by atoms with Gasteiger partial charge in [0.05, 0.1) is 7.11 Å². The Hall–Kier alpha value is -0.990. The fourth-order valence-corrected chi connectivity index (χ4v) is 2.41. The second kappa shape index (κ2) is 5.79. The van der Waals surface area contributed by atoms with Gasteiger partial charge < -0.3 is 28.8 Å². The van der Waals surface area contributed by atoms with Crippen molar-refractivity contribution in [2.45, 2.75) is 50.3 Å². The number of carbonyl (C=O) groups excluding carboxylic acids is 1. The van der Waals surface area contributed by atoms with E-state index in [9.17, 15) is 9.90 Å². The molecule has 0 aromatic rings. The van der Waals surface area contributed by atoms with Crippen LogP contribution in [0.3, 0.4) is 0 Å². The lowest BCUT2D eigenvalue weighted by Crippen LogP contribution is -2.37. The Kier molecular flexibility index (Phi) is 4.46. The summed E-state index contributed by atoms with van der Waals surface area (Å²) in [5, 5.41) is 10.1.